The van der Waals surface area contributed by atoms with E-state index in [4.69, 9.17) is 15.2 Å². The molecule has 2 unspecified atom stereocenters. The lowest BCUT2D eigenvalue weighted by Gasteiger charge is -2.40. The molecule has 14 heavy (non-hydrogen) atoms. The lowest BCUT2D eigenvalue weighted by molar-refractivity contribution is 0.0144. The van der Waals surface area contributed by atoms with Gasteiger partial charge in [0.1, 0.15) is 0 Å². The minimum absolute atomic E-state index is 0.0763. The van der Waals surface area contributed by atoms with Gasteiger partial charge < -0.3 is 15.2 Å². The third kappa shape index (κ3) is 2.45. The molecule has 1 saturated heterocycles. The van der Waals surface area contributed by atoms with Crippen LogP contribution in [0.2, 0.25) is 0 Å². The molecule has 0 amide bonds. The summed E-state index contributed by atoms with van der Waals surface area (Å²) in [6, 6.07) is 0.485. The van der Waals surface area contributed by atoms with E-state index in [-0.39, 0.29) is 5.54 Å². The summed E-state index contributed by atoms with van der Waals surface area (Å²) in [5.74, 6) is 0. The van der Waals surface area contributed by atoms with E-state index in [9.17, 15) is 0 Å². The van der Waals surface area contributed by atoms with E-state index in [1.165, 1.54) is 0 Å². The molecule has 0 aromatic rings. The molecular weight excluding hydrogens is 180 g/mol. The first-order chi connectivity index (χ1) is 6.64. The second-order valence-electron chi connectivity index (χ2n) is 4.26. The molecule has 4 heteroatoms. The third-order valence-corrected chi connectivity index (χ3v) is 3.20. The number of methoxy groups -OCH3 is 1. The van der Waals surface area contributed by atoms with E-state index in [2.05, 4.69) is 18.9 Å². The van der Waals surface area contributed by atoms with Crippen molar-refractivity contribution in [2.45, 2.75) is 24.9 Å². The Morgan fingerprint density at radius 1 is 1.64 bits per heavy atom. The van der Waals surface area contributed by atoms with Crippen molar-refractivity contribution in [1.29, 1.82) is 0 Å². The van der Waals surface area contributed by atoms with Crippen LogP contribution in [0.5, 0.6) is 0 Å². The lowest BCUT2D eigenvalue weighted by Crippen LogP contribution is -2.56. The molecule has 1 fully saturated rings. The fourth-order valence-corrected chi connectivity index (χ4v) is 1.88. The van der Waals surface area contributed by atoms with Crippen LogP contribution in [0.4, 0.5) is 0 Å². The van der Waals surface area contributed by atoms with Crippen molar-refractivity contribution in [3.8, 4) is 0 Å². The van der Waals surface area contributed by atoms with Crippen LogP contribution in [0.15, 0.2) is 0 Å². The monoisotopic (exact) mass is 202 g/mol. The summed E-state index contributed by atoms with van der Waals surface area (Å²) in [5, 5.41) is 0. The average Bonchev–Trinajstić information content (AvgIpc) is 2.69. The van der Waals surface area contributed by atoms with Crippen molar-refractivity contribution in [3.05, 3.63) is 0 Å². The van der Waals surface area contributed by atoms with Crippen molar-refractivity contribution in [2.75, 3.05) is 40.5 Å². The van der Waals surface area contributed by atoms with Crippen LogP contribution in [0.3, 0.4) is 0 Å². The Bertz CT molecular complexity index is 172. The molecule has 1 aliphatic rings. The van der Waals surface area contributed by atoms with Gasteiger partial charge in [0.25, 0.3) is 0 Å². The van der Waals surface area contributed by atoms with Crippen molar-refractivity contribution < 1.29 is 9.47 Å². The van der Waals surface area contributed by atoms with E-state index in [1.54, 1.807) is 7.11 Å². The van der Waals surface area contributed by atoms with Crippen LogP contribution < -0.4 is 5.73 Å². The Morgan fingerprint density at radius 2 is 2.36 bits per heavy atom. The van der Waals surface area contributed by atoms with Gasteiger partial charge in [0.05, 0.1) is 18.8 Å². The Labute approximate surface area is 86.3 Å². The Balaban J connectivity index is 2.57. The van der Waals surface area contributed by atoms with E-state index >= 15 is 0 Å². The van der Waals surface area contributed by atoms with Crippen molar-refractivity contribution >= 4 is 0 Å². The normalized spacial score (nSPS) is 26.8. The van der Waals surface area contributed by atoms with E-state index in [0.29, 0.717) is 19.2 Å². The van der Waals surface area contributed by atoms with Crippen molar-refractivity contribution in [3.63, 3.8) is 0 Å². The van der Waals surface area contributed by atoms with Crippen molar-refractivity contribution in [1.82, 2.24) is 4.90 Å². The van der Waals surface area contributed by atoms with Gasteiger partial charge >= 0.3 is 0 Å². The van der Waals surface area contributed by atoms with E-state index < -0.39 is 0 Å². The molecular formula is C10H22N2O2. The van der Waals surface area contributed by atoms with Crippen LogP contribution in [-0.2, 0) is 9.47 Å². The molecule has 84 valence electrons. The zero-order valence-electron chi connectivity index (χ0n) is 9.45. The van der Waals surface area contributed by atoms with Gasteiger partial charge in [-0.3, -0.25) is 4.90 Å². The predicted molar refractivity (Wildman–Crippen MR) is 56.3 cm³/mol. The first-order valence-electron chi connectivity index (χ1n) is 5.14. The fraction of sp³-hybridized carbons (Fsp3) is 1.00. The van der Waals surface area contributed by atoms with E-state index in [1.807, 2.05) is 0 Å². The summed E-state index contributed by atoms with van der Waals surface area (Å²) >= 11 is 0. The molecule has 1 aliphatic heterocycles. The molecule has 0 aliphatic carbocycles. The zero-order valence-corrected chi connectivity index (χ0v) is 9.45. The van der Waals surface area contributed by atoms with Gasteiger partial charge in [-0.15, -0.1) is 0 Å². The highest BCUT2D eigenvalue weighted by Gasteiger charge is 2.34. The molecule has 1 heterocycles. The Morgan fingerprint density at radius 3 is 2.79 bits per heavy atom. The van der Waals surface area contributed by atoms with Crippen LogP contribution in [0.25, 0.3) is 0 Å². The second kappa shape index (κ2) is 5.07. The van der Waals surface area contributed by atoms with Crippen molar-refractivity contribution in [2.24, 2.45) is 5.73 Å². The first-order valence-corrected chi connectivity index (χ1v) is 5.14. The minimum atomic E-state index is -0.0763. The van der Waals surface area contributed by atoms with E-state index in [0.717, 1.165) is 19.6 Å². The zero-order chi connectivity index (χ0) is 10.6. The first kappa shape index (κ1) is 11.9. The largest absolute Gasteiger partial charge is 0.383 e. The Hall–Kier alpha value is -0.160. The third-order valence-electron chi connectivity index (χ3n) is 3.20. The maximum absolute atomic E-state index is 5.80. The quantitative estimate of drug-likeness (QED) is 0.685. The number of nitrogens with zero attached hydrogens (tertiary/aromatic N) is 1. The highest BCUT2D eigenvalue weighted by atomic mass is 16.5. The SMILES string of the molecule is COCC(C)(CN)N(C)C1CCOC1. The van der Waals surface area contributed by atoms with Gasteiger partial charge in [0.2, 0.25) is 0 Å². The van der Waals surface area contributed by atoms with Crippen LogP contribution in [0, 0.1) is 0 Å². The number of hydrogen-bond acceptors (Lipinski definition) is 4. The Kier molecular flexibility index (Phi) is 4.31. The summed E-state index contributed by atoms with van der Waals surface area (Å²) in [6.07, 6.45) is 1.09. The summed E-state index contributed by atoms with van der Waals surface area (Å²) < 4.78 is 10.6. The highest BCUT2D eigenvalue weighted by molar-refractivity contribution is 4.90. The van der Waals surface area contributed by atoms with Gasteiger partial charge in [-0.1, -0.05) is 0 Å². The van der Waals surface area contributed by atoms with Crippen LogP contribution in [-0.4, -0.2) is 57.0 Å². The fourth-order valence-electron chi connectivity index (χ4n) is 1.88. The molecule has 0 radical (unpaired) electrons. The van der Waals surface area contributed by atoms with Crippen LogP contribution >= 0.6 is 0 Å². The second-order valence-corrected chi connectivity index (χ2v) is 4.26. The lowest BCUT2D eigenvalue weighted by atomic mass is 9.99. The molecule has 4 nitrogen and oxygen atoms in total. The van der Waals surface area contributed by atoms with Gasteiger partial charge in [0.15, 0.2) is 0 Å². The summed E-state index contributed by atoms with van der Waals surface area (Å²) in [4.78, 5) is 2.30. The van der Waals surface area contributed by atoms with Gasteiger partial charge in [-0.05, 0) is 20.4 Å². The number of ether oxygens (including phenoxy) is 2. The van der Waals surface area contributed by atoms with Gasteiger partial charge in [-0.25, -0.2) is 0 Å². The number of hydrogen-bond donors (Lipinski definition) is 1. The highest BCUT2D eigenvalue weighted by Crippen LogP contribution is 2.20. The number of likely N-dealkylation sites (N-methyl/N-ethyl adjacent to an activating group) is 1. The standard InChI is InChI=1S/C10H22N2O2/c1-10(7-11,8-13-3)12(2)9-4-5-14-6-9/h9H,4-8,11H2,1-3H3. The molecule has 0 aromatic heterocycles. The smallest absolute Gasteiger partial charge is 0.0656 e. The summed E-state index contributed by atoms with van der Waals surface area (Å²) in [7, 11) is 3.82. The summed E-state index contributed by atoms with van der Waals surface area (Å²) in [5.41, 5.74) is 5.72. The molecule has 0 bridgehead atoms. The maximum Gasteiger partial charge on any atom is 0.0656 e. The topological polar surface area (TPSA) is 47.7 Å². The summed E-state index contributed by atoms with van der Waals surface area (Å²) in [6.45, 7) is 5.08. The predicted octanol–water partition coefficient (Wildman–Crippen LogP) is 0.0709. The molecule has 0 spiro atoms. The van der Waals surface area contributed by atoms with Gasteiger partial charge in [-0.2, -0.15) is 0 Å². The average molecular weight is 202 g/mol. The molecule has 2 atom stereocenters. The molecule has 2 N–H and O–H groups in total. The maximum atomic E-state index is 5.80. The minimum Gasteiger partial charge on any atom is -0.383 e. The molecule has 0 saturated carbocycles. The van der Waals surface area contributed by atoms with Crippen LogP contribution in [0.1, 0.15) is 13.3 Å². The number of nitrogens with two attached hydrogens (primary N) is 1. The van der Waals surface area contributed by atoms with Gasteiger partial charge in [0, 0.05) is 26.3 Å². The molecule has 0 aromatic carbocycles. The molecule has 1 rings (SSSR count). The number of rotatable bonds is 5.